The second kappa shape index (κ2) is 4.61. The molecule has 16 heavy (non-hydrogen) atoms. The van der Waals surface area contributed by atoms with Crippen molar-refractivity contribution in [1.82, 2.24) is 9.78 Å². The fourth-order valence-corrected chi connectivity index (χ4v) is 1.35. The van der Waals surface area contributed by atoms with E-state index in [4.69, 9.17) is 4.74 Å². The molecular formula is C12H12N2O2. The number of hydrogen-bond acceptors (Lipinski definition) is 3. The maximum absolute atomic E-state index is 10.1. The Morgan fingerprint density at radius 3 is 2.81 bits per heavy atom. The Balaban J connectivity index is 2.17. The Hall–Kier alpha value is -2.10. The summed E-state index contributed by atoms with van der Waals surface area (Å²) < 4.78 is 6.84. The zero-order valence-electron chi connectivity index (χ0n) is 8.96. The maximum atomic E-state index is 10.1. The first-order valence-electron chi connectivity index (χ1n) is 4.98. The number of carbonyl (C=O) groups excluding carboxylic acids is 1. The Labute approximate surface area is 93.5 Å². The van der Waals surface area contributed by atoms with Crippen LogP contribution in [0.1, 0.15) is 5.56 Å². The molecule has 0 aliphatic carbocycles. The molecule has 1 aromatic carbocycles. The van der Waals surface area contributed by atoms with E-state index in [0.29, 0.717) is 12.0 Å². The number of carbonyl (C=O) groups is 1. The first kappa shape index (κ1) is 10.4. The topological polar surface area (TPSA) is 44.1 Å². The zero-order valence-corrected chi connectivity index (χ0v) is 8.96. The van der Waals surface area contributed by atoms with Gasteiger partial charge in [0.15, 0.2) is 12.0 Å². The third-order valence-electron chi connectivity index (χ3n) is 2.18. The van der Waals surface area contributed by atoms with Crippen molar-refractivity contribution in [3.8, 4) is 11.4 Å². The van der Waals surface area contributed by atoms with Crippen molar-refractivity contribution in [2.45, 2.75) is 6.92 Å². The van der Waals surface area contributed by atoms with Crippen LogP contribution in [0.4, 0.5) is 0 Å². The van der Waals surface area contributed by atoms with Crippen molar-refractivity contribution >= 4 is 6.29 Å². The van der Waals surface area contributed by atoms with E-state index in [1.165, 1.54) is 5.56 Å². The standard InChI is InChI=1S/C12H12N2O2/c1-10-2-4-11(5-3-10)14-9-12(8-13-14)16-7-6-15/h2-6,8-9H,7H2,1H3. The van der Waals surface area contributed by atoms with E-state index in [1.54, 1.807) is 17.1 Å². The summed E-state index contributed by atoms with van der Waals surface area (Å²) in [5.74, 6) is 0.590. The summed E-state index contributed by atoms with van der Waals surface area (Å²) in [7, 11) is 0. The number of hydrogen-bond donors (Lipinski definition) is 0. The van der Waals surface area contributed by atoms with Crippen LogP contribution in [0.2, 0.25) is 0 Å². The van der Waals surface area contributed by atoms with Gasteiger partial charge in [-0.05, 0) is 19.1 Å². The van der Waals surface area contributed by atoms with Gasteiger partial charge < -0.3 is 4.74 Å². The van der Waals surface area contributed by atoms with Crippen molar-refractivity contribution in [1.29, 1.82) is 0 Å². The summed E-state index contributed by atoms with van der Waals surface area (Å²) in [4.78, 5) is 10.1. The average molecular weight is 216 g/mol. The van der Waals surface area contributed by atoms with Crippen LogP contribution in [-0.2, 0) is 4.79 Å². The molecule has 0 saturated carbocycles. The minimum atomic E-state index is 0.0551. The van der Waals surface area contributed by atoms with Crippen LogP contribution in [0.5, 0.6) is 5.75 Å². The van der Waals surface area contributed by atoms with Crippen molar-refractivity contribution in [3.63, 3.8) is 0 Å². The van der Waals surface area contributed by atoms with Crippen LogP contribution in [-0.4, -0.2) is 22.7 Å². The van der Waals surface area contributed by atoms with Crippen molar-refractivity contribution in [2.24, 2.45) is 0 Å². The molecule has 2 rings (SSSR count). The summed E-state index contributed by atoms with van der Waals surface area (Å²) in [6.07, 6.45) is 4.04. The van der Waals surface area contributed by atoms with E-state index in [9.17, 15) is 4.79 Å². The van der Waals surface area contributed by atoms with Gasteiger partial charge in [-0.2, -0.15) is 5.10 Å². The molecule has 2 aromatic rings. The third-order valence-corrected chi connectivity index (χ3v) is 2.18. The highest BCUT2D eigenvalue weighted by Crippen LogP contribution is 2.13. The van der Waals surface area contributed by atoms with E-state index >= 15 is 0 Å². The van der Waals surface area contributed by atoms with Gasteiger partial charge in [0.05, 0.1) is 18.1 Å². The van der Waals surface area contributed by atoms with Gasteiger partial charge in [0, 0.05) is 0 Å². The first-order chi connectivity index (χ1) is 7.79. The maximum Gasteiger partial charge on any atom is 0.158 e. The van der Waals surface area contributed by atoms with E-state index in [1.807, 2.05) is 31.2 Å². The smallest absolute Gasteiger partial charge is 0.158 e. The molecule has 0 atom stereocenters. The molecule has 0 spiro atoms. The van der Waals surface area contributed by atoms with Crippen molar-refractivity contribution < 1.29 is 9.53 Å². The normalized spacial score (nSPS) is 10.1. The van der Waals surface area contributed by atoms with Gasteiger partial charge in [-0.15, -0.1) is 0 Å². The molecule has 0 radical (unpaired) electrons. The lowest BCUT2D eigenvalue weighted by Gasteiger charge is -2.00. The van der Waals surface area contributed by atoms with E-state index in [2.05, 4.69) is 5.10 Å². The number of ether oxygens (including phenoxy) is 1. The summed E-state index contributed by atoms with van der Waals surface area (Å²) in [5, 5.41) is 4.14. The fourth-order valence-electron chi connectivity index (χ4n) is 1.35. The molecule has 0 bridgehead atoms. The quantitative estimate of drug-likeness (QED) is 0.731. The van der Waals surface area contributed by atoms with Gasteiger partial charge in [0.1, 0.15) is 6.61 Å². The van der Waals surface area contributed by atoms with Crippen molar-refractivity contribution in [3.05, 3.63) is 42.2 Å². The lowest BCUT2D eigenvalue weighted by molar-refractivity contribution is -0.109. The number of rotatable bonds is 4. The first-order valence-corrected chi connectivity index (χ1v) is 4.98. The lowest BCUT2D eigenvalue weighted by Crippen LogP contribution is -1.96. The monoisotopic (exact) mass is 216 g/mol. The molecule has 0 saturated heterocycles. The molecule has 1 aromatic heterocycles. The molecular weight excluding hydrogens is 204 g/mol. The van der Waals surface area contributed by atoms with Gasteiger partial charge in [-0.1, -0.05) is 17.7 Å². The predicted octanol–water partition coefficient (Wildman–Crippen LogP) is 1.76. The van der Waals surface area contributed by atoms with Crippen LogP contribution in [0, 0.1) is 6.92 Å². The molecule has 0 aliphatic heterocycles. The summed E-state index contributed by atoms with van der Waals surface area (Å²) in [6.45, 7) is 2.09. The predicted molar refractivity (Wildman–Crippen MR) is 59.9 cm³/mol. The third kappa shape index (κ3) is 2.28. The van der Waals surface area contributed by atoms with E-state index in [0.717, 1.165) is 5.69 Å². The fraction of sp³-hybridized carbons (Fsp3) is 0.167. The average Bonchev–Trinajstić information content (AvgIpc) is 2.76. The highest BCUT2D eigenvalue weighted by atomic mass is 16.5. The molecule has 0 aliphatic rings. The lowest BCUT2D eigenvalue weighted by atomic mass is 10.2. The molecule has 4 heteroatoms. The number of benzene rings is 1. The number of aryl methyl sites for hydroxylation is 1. The minimum absolute atomic E-state index is 0.0551. The summed E-state index contributed by atoms with van der Waals surface area (Å²) in [6, 6.07) is 7.99. The Morgan fingerprint density at radius 2 is 2.12 bits per heavy atom. The Bertz CT molecular complexity index is 474. The van der Waals surface area contributed by atoms with Crippen LogP contribution in [0.15, 0.2) is 36.7 Å². The van der Waals surface area contributed by atoms with Crippen LogP contribution >= 0.6 is 0 Å². The molecule has 0 fully saturated rings. The van der Waals surface area contributed by atoms with Crippen LogP contribution < -0.4 is 4.74 Å². The summed E-state index contributed by atoms with van der Waals surface area (Å²) in [5.41, 5.74) is 2.17. The molecule has 0 N–H and O–H groups in total. The van der Waals surface area contributed by atoms with Gasteiger partial charge >= 0.3 is 0 Å². The SMILES string of the molecule is Cc1ccc(-n2cc(OCC=O)cn2)cc1. The van der Waals surface area contributed by atoms with Crippen LogP contribution in [0.3, 0.4) is 0 Å². The second-order valence-electron chi connectivity index (χ2n) is 3.43. The van der Waals surface area contributed by atoms with Gasteiger partial charge in [-0.25, -0.2) is 4.68 Å². The van der Waals surface area contributed by atoms with Gasteiger partial charge in [0.2, 0.25) is 0 Å². The molecule has 0 unspecified atom stereocenters. The van der Waals surface area contributed by atoms with Crippen LogP contribution in [0.25, 0.3) is 5.69 Å². The molecule has 1 heterocycles. The largest absolute Gasteiger partial charge is 0.483 e. The van der Waals surface area contributed by atoms with E-state index in [-0.39, 0.29) is 6.61 Å². The Kier molecular flexibility index (Phi) is 3.00. The Morgan fingerprint density at radius 1 is 1.38 bits per heavy atom. The van der Waals surface area contributed by atoms with Gasteiger partial charge in [0.25, 0.3) is 0 Å². The highest BCUT2D eigenvalue weighted by Gasteiger charge is 2.00. The number of aldehydes is 1. The second-order valence-corrected chi connectivity index (χ2v) is 3.43. The molecule has 0 amide bonds. The van der Waals surface area contributed by atoms with Crippen molar-refractivity contribution in [2.75, 3.05) is 6.61 Å². The minimum Gasteiger partial charge on any atom is -0.483 e. The summed E-state index contributed by atoms with van der Waals surface area (Å²) >= 11 is 0. The zero-order chi connectivity index (χ0) is 11.4. The highest BCUT2D eigenvalue weighted by molar-refractivity contribution is 5.51. The molecule has 82 valence electrons. The molecule has 4 nitrogen and oxygen atoms in total. The van der Waals surface area contributed by atoms with Gasteiger partial charge in [-0.3, -0.25) is 4.79 Å². The number of aromatic nitrogens is 2. The van der Waals surface area contributed by atoms with E-state index < -0.39 is 0 Å². The number of nitrogens with zero attached hydrogens (tertiary/aromatic N) is 2.